The number of hydrogen-bond acceptors (Lipinski definition) is 4. The van der Waals surface area contributed by atoms with Gasteiger partial charge in [0.2, 0.25) is 10.0 Å². The van der Waals surface area contributed by atoms with Crippen molar-refractivity contribution in [1.29, 1.82) is 0 Å². The average molecular weight is 301 g/mol. The molecule has 0 amide bonds. The van der Waals surface area contributed by atoms with E-state index in [-0.39, 0.29) is 10.3 Å². The summed E-state index contributed by atoms with van der Waals surface area (Å²) < 4.78 is 34.4. The molecule has 0 radical (unpaired) electrons. The lowest BCUT2D eigenvalue weighted by Crippen LogP contribution is -2.39. The first kappa shape index (κ1) is 15.5. The molecule has 0 bridgehead atoms. The van der Waals surface area contributed by atoms with Crippen LogP contribution < -0.4 is 10.5 Å². The maximum absolute atomic E-state index is 12.3. The highest BCUT2D eigenvalue weighted by atomic mass is 32.2. The Morgan fingerprint density at radius 3 is 2.65 bits per heavy atom. The summed E-state index contributed by atoms with van der Waals surface area (Å²) in [6.07, 6.45) is 3.34. The van der Waals surface area contributed by atoms with Crippen LogP contribution in [0.5, 0.6) is 0 Å². The highest BCUT2D eigenvalue weighted by molar-refractivity contribution is 7.89. The van der Waals surface area contributed by atoms with Gasteiger partial charge in [-0.05, 0) is 24.3 Å². The van der Waals surface area contributed by atoms with E-state index in [0.29, 0.717) is 26.3 Å². The molecule has 0 aliphatic carbocycles. The van der Waals surface area contributed by atoms with Crippen molar-refractivity contribution >= 4 is 10.0 Å². The van der Waals surface area contributed by atoms with E-state index in [9.17, 15) is 8.42 Å². The topological polar surface area (TPSA) is 86.3 Å². The molecule has 2 rings (SSSR count). The lowest BCUT2D eigenvalue weighted by molar-refractivity contribution is 0.0265. The van der Waals surface area contributed by atoms with E-state index < -0.39 is 10.0 Å². The Hall–Kier alpha value is -0.890. The fourth-order valence-electron chi connectivity index (χ4n) is 2.32. The lowest BCUT2D eigenvalue weighted by atomic mass is 9.83. The summed E-state index contributed by atoms with van der Waals surface area (Å²) >= 11 is 0. The van der Waals surface area contributed by atoms with E-state index in [4.69, 9.17) is 10.5 Å². The van der Waals surface area contributed by atoms with Crippen LogP contribution in [0, 0.1) is 5.41 Å². The fraction of sp³-hybridized carbons (Fsp3) is 0.692. The van der Waals surface area contributed by atoms with Gasteiger partial charge in [0.05, 0.1) is 4.90 Å². The Bertz CT molecular complexity index is 559. The van der Waals surface area contributed by atoms with Crippen LogP contribution in [0.1, 0.15) is 25.5 Å². The molecule has 2 heterocycles. The Balaban J connectivity index is 2.06. The molecular formula is C13H23N3O3S. The molecule has 1 aliphatic rings. The van der Waals surface area contributed by atoms with Crippen molar-refractivity contribution < 1.29 is 13.2 Å². The van der Waals surface area contributed by atoms with Crippen molar-refractivity contribution in [3.05, 3.63) is 18.0 Å². The number of sulfonamides is 1. The van der Waals surface area contributed by atoms with E-state index in [1.165, 1.54) is 0 Å². The van der Waals surface area contributed by atoms with Crippen molar-refractivity contribution in [2.75, 3.05) is 19.8 Å². The standard InChI is InChI=1S/C13H23N3O3S/c1-13(3-5-19-6-4-13)10-15-20(17,18)12-7-11(8-14)16(2)9-12/h7,9,15H,3-6,8,10,14H2,1-2H3. The molecule has 1 fully saturated rings. The summed E-state index contributed by atoms with van der Waals surface area (Å²) in [7, 11) is -1.68. The highest BCUT2D eigenvalue weighted by Gasteiger charge is 2.29. The molecule has 1 aliphatic heterocycles. The van der Waals surface area contributed by atoms with Crippen LogP contribution in [-0.4, -0.2) is 32.7 Å². The zero-order valence-corrected chi connectivity index (χ0v) is 12.9. The van der Waals surface area contributed by atoms with Gasteiger partial charge in [-0.1, -0.05) is 6.92 Å². The van der Waals surface area contributed by atoms with Gasteiger partial charge < -0.3 is 15.0 Å². The number of nitrogens with zero attached hydrogens (tertiary/aromatic N) is 1. The Morgan fingerprint density at radius 1 is 1.45 bits per heavy atom. The maximum atomic E-state index is 12.3. The second kappa shape index (κ2) is 5.85. The van der Waals surface area contributed by atoms with Crippen LogP contribution >= 0.6 is 0 Å². The van der Waals surface area contributed by atoms with Gasteiger partial charge in [0.15, 0.2) is 0 Å². The molecule has 0 aromatic carbocycles. The second-order valence-electron chi connectivity index (χ2n) is 5.73. The predicted molar refractivity (Wildman–Crippen MR) is 76.7 cm³/mol. The summed E-state index contributed by atoms with van der Waals surface area (Å²) in [5, 5.41) is 0. The third-order valence-corrected chi connectivity index (χ3v) is 5.36. The number of ether oxygens (including phenoxy) is 1. The number of nitrogens with two attached hydrogens (primary N) is 1. The third kappa shape index (κ3) is 3.41. The molecule has 1 aromatic heterocycles. The summed E-state index contributed by atoms with van der Waals surface area (Å²) in [4.78, 5) is 0.274. The molecule has 0 atom stereocenters. The first-order valence-corrected chi connectivity index (χ1v) is 8.27. The van der Waals surface area contributed by atoms with Crippen molar-refractivity contribution in [1.82, 2.24) is 9.29 Å². The van der Waals surface area contributed by atoms with Gasteiger partial charge in [0.25, 0.3) is 0 Å². The Morgan fingerprint density at radius 2 is 2.10 bits per heavy atom. The van der Waals surface area contributed by atoms with Gasteiger partial charge in [-0.15, -0.1) is 0 Å². The zero-order valence-electron chi connectivity index (χ0n) is 12.1. The minimum atomic E-state index is -3.48. The van der Waals surface area contributed by atoms with Crippen LogP contribution in [0.15, 0.2) is 17.2 Å². The molecule has 20 heavy (non-hydrogen) atoms. The molecule has 0 spiro atoms. The highest BCUT2D eigenvalue weighted by Crippen LogP contribution is 2.29. The van der Waals surface area contributed by atoms with Gasteiger partial charge in [-0.2, -0.15) is 0 Å². The van der Waals surface area contributed by atoms with Gasteiger partial charge in [-0.3, -0.25) is 0 Å². The Labute approximate surface area is 120 Å². The van der Waals surface area contributed by atoms with E-state index in [2.05, 4.69) is 11.6 Å². The summed E-state index contributed by atoms with van der Waals surface area (Å²) in [5.41, 5.74) is 6.33. The van der Waals surface area contributed by atoms with E-state index in [0.717, 1.165) is 18.5 Å². The maximum Gasteiger partial charge on any atom is 0.242 e. The molecule has 6 nitrogen and oxygen atoms in total. The van der Waals surface area contributed by atoms with Crippen LogP contribution in [0.2, 0.25) is 0 Å². The summed E-state index contributed by atoms with van der Waals surface area (Å²) in [6.45, 7) is 4.24. The predicted octanol–water partition coefficient (Wildman–Crippen LogP) is 0.579. The van der Waals surface area contributed by atoms with Gasteiger partial charge in [0, 0.05) is 45.2 Å². The number of nitrogens with one attached hydrogen (secondary N) is 1. The van der Waals surface area contributed by atoms with Crippen molar-refractivity contribution in [3.63, 3.8) is 0 Å². The molecule has 0 unspecified atom stereocenters. The molecule has 0 saturated carbocycles. The first-order chi connectivity index (χ1) is 9.36. The second-order valence-corrected chi connectivity index (χ2v) is 7.50. The monoisotopic (exact) mass is 301 g/mol. The molecule has 1 saturated heterocycles. The number of aryl methyl sites for hydroxylation is 1. The van der Waals surface area contributed by atoms with Crippen molar-refractivity contribution in [2.24, 2.45) is 18.2 Å². The summed E-state index contributed by atoms with van der Waals surface area (Å²) in [6, 6.07) is 1.62. The minimum Gasteiger partial charge on any atom is -0.381 e. The van der Waals surface area contributed by atoms with Crippen LogP contribution in [0.4, 0.5) is 0 Å². The SMILES string of the molecule is Cn1cc(S(=O)(=O)NCC2(C)CCOCC2)cc1CN. The normalized spacial score (nSPS) is 19.1. The van der Waals surface area contributed by atoms with Crippen molar-refractivity contribution in [3.8, 4) is 0 Å². The van der Waals surface area contributed by atoms with Crippen LogP contribution in [0.3, 0.4) is 0 Å². The number of aromatic nitrogens is 1. The average Bonchev–Trinajstić information content (AvgIpc) is 2.80. The zero-order chi connectivity index (χ0) is 14.8. The Kier molecular flexibility index (Phi) is 4.53. The van der Waals surface area contributed by atoms with E-state index in [1.54, 1.807) is 23.9 Å². The largest absolute Gasteiger partial charge is 0.381 e. The molecule has 114 valence electrons. The van der Waals surface area contributed by atoms with Crippen LogP contribution in [0.25, 0.3) is 0 Å². The number of rotatable bonds is 5. The molecule has 7 heteroatoms. The molecular weight excluding hydrogens is 278 g/mol. The van der Waals surface area contributed by atoms with Gasteiger partial charge in [-0.25, -0.2) is 13.1 Å². The molecule has 1 aromatic rings. The lowest BCUT2D eigenvalue weighted by Gasteiger charge is -2.33. The van der Waals surface area contributed by atoms with E-state index >= 15 is 0 Å². The van der Waals surface area contributed by atoms with Gasteiger partial charge in [0.1, 0.15) is 0 Å². The van der Waals surface area contributed by atoms with E-state index in [1.807, 2.05) is 0 Å². The van der Waals surface area contributed by atoms with Crippen molar-refractivity contribution in [2.45, 2.75) is 31.2 Å². The fourth-order valence-corrected chi connectivity index (χ4v) is 3.61. The summed E-state index contributed by atoms with van der Waals surface area (Å²) in [5.74, 6) is 0. The quantitative estimate of drug-likeness (QED) is 0.833. The third-order valence-electron chi connectivity index (χ3n) is 3.99. The minimum absolute atomic E-state index is 0.0310. The smallest absolute Gasteiger partial charge is 0.242 e. The first-order valence-electron chi connectivity index (χ1n) is 6.79. The molecule has 3 N–H and O–H groups in total. The number of hydrogen-bond donors (Lipinski definition) is 2. The van der Waals surface area contributed by atoms with Crippen LogP contribution in [-0.2, 0) is 28.4 Å². The van der Waals surface area contributed by atoms with Gasteiger partial charge >= 0.3 is 0 Å².